The van der Waals surface area contributed by atoms with Gasteiger partial charge in [0.05, 0.1) is 0 Å². The molecule has 0 aromatic heterocycles. The highest BCUT2D eigenvalue weighted by Gasteiger charge is 1.97. The van der Waals surface area contributed by atoms with Crippen LogP contribution >= 0.6 is 0 Å². The third-order valence-corrected chi connectivity index (χ3v) is 1.36. The maximum Gasteiger partial charge on any atom is 0.0365 e. The Hall–Kier alpha value is -0.980. The largest absolute Gasteiger partial charge is 0.383 e. The van der Waals surface area contributed by atoms with E-state index in [0.717, 1.165) is 11.3 Å². The maximum atomic E-state index is 3.90. The van der Waals surface area contributed by atoms with Gasteiger partial charge in [-0.3, -0.25) is 0 Å². The van der Waals surface area contributed by atoms with E-state index in [1.165, 1.54) is 0 Å². The minimum Gasteiger partial charge on any atom is -0.383 e. The van der Waals surface area contributed by atoms with Crippen LogP contribution in [0.15, 0.2) is 36.1 Å². The molecule has 0 aromatic rings. The van der Waals surface area contributed by atoms with E-state index in [4.69, 9.17) is 0 Å². The molecule has 0 atom stereocenters. The lowest BCUT2D eigenvalue weighted by atomic mass is 10.2. The van der Waals surface area contributed by atoms with Gasteiger partial charge < -0.3 is 5.32 Å². The zero-order chi connectivity index (χ0) is 9.56. The van der Waals surface area contributed by atoms with Crippen LogP contribution in [0.5, 0.6) is 0 Å². The van der Waals surface area contributed by atoms with E-state index in [-0.39, 0.29) is 1.43 Å². The predicted molar refractivity (Wildman–Crippen MR) is 58.1 cm³/mol. The van der Waals surface area contributed by atoms with Crippen molar-refractivity contribution < 1.29 is 1.43 Å². The molecule has 0 spiro atoms. The number of rotatable bonds is 4. The number of hydrogen-bond acceptors (Lipinski definition) is 1. The first kappa shape index (κ1) is 11.0. The van der Waals surface area contributed by atoms with Crippen molar-refractivity contribution in [2.45, 2.75) is 33.7 Å². The van der Waals surface area contributed by atoms with Gasteiger partial charge in [0.2, 0.25) is 0 Å². The van der Waals surface area contributed by atoms with Crippen molar-refractivity contribution in [3.05, 3.63) is 36.1 Å². The summed E-state index contributed by atoms with van der Waals surface area (Å²) in [6.45, 7) is 12.1. The summed E-state index contributed by atoms with van der Waals surface area (Å²) >= 11 is 0. The van der Waals surface area contributed by atoms with Gasteiger partial charge in [0, 0.05) is 13.2 Å². The standard InChI is InChI=1S/C11H19N.H2/c1-6-7-8-11(9(2)3)12-10(4)5;/h6-8,10,12H,2H2,1,3-5H3;1H/b7-6-,11-8+;. The van der Waals surface area contributed by atoms with Crippen molar-refractivity contribution in [3.8, 4) is 0 Å². The van der Waals surface area contributed by atoms with E-state index in [2.05, 4.69) is 25.7 Å². The Morgan fingerprint density at radius 2 is 2.08 bits per heavy atom. The molecule has 0 fully saturated rings. The highest BCUT2D eigenvalue weighted by atomic mass is 14.9. The molecule has 0 amide bonds. The molecular formula is C11H21N. The van der Waals surface area contributed by atoms with Crippen molar-refractivity contribution in [1.82, 2.24) is 5.32 Å². The van der Waals surface area contributed by atoms with Crippen LogP contribution in [-0.4, -0.2) is 6.04 Å². The maximum absolute atomic E-state index is 3.90. The molecule has 0 radical (unpaired) electrons. The highest BCUT2D eigenvalue weighted by Crippen LogP contribution is 2.03. The van der Waals surface area contributed by atoms with E-state index < -0.39 is 0 Å². The summed E-state index contributed by atoms with van der Waals surface area (Å²) in [6, 6.07) is 0.457. The lowest BCUT2D eigenvalue weighted by Gasteiger charge is -2.13. The molecule has 70 valence electrons. The van der Waals surface area contributed by atoms with Crippen LogP contribution in [-0.2, 0) is 0 Å². The van der Waals surface area contributed by atoms with Gasteiger partial charge in [0.15, 0.2) is 0 Å². The Morgan fingerprint density at radius 1 is 1.50 bits per heavy atom. The predicted octanol–water partition coefficient (Wildman–Crippen LogP) is 3.27. The molecule has 0 aliphatic rings. The summed E-state index contributed by atoms with van der Waals surface area (Å²) in [5.41, 5.74) is 2.19. The summed E-state index contributed by atoms with van der Waals surface area (Å²) in [5, 5.41) is 3.32. The second-order valence-electron chi connectivity index (χ2n) is 3.19. The minimum atomic E-state index is 0. The summed E-state index contributed by atoms with van der Waals surface area (Å²) in [5.74, 6) is 0. The summed E-state index contributed by atoms with van der Waals surface area (Å²) in [4.78, 5) is 0. The third-order valence-electron chi connectivity index (χ3n) is 1.36. The van der Waals surface area contributed by atoms with Crippen molar-refractivity contribution in [1.29, 1.82) is 0 Å². The Kier molecular flexibility index (Phi) is 5.18. The Morgan fingerprint density at radius 3 is 2.42 bits per heavy atom. The molecule has 1 N–H and O–H groups in total. The van der Waals surface area contributed by atoms with Crippen LogP contribution in [0.2, 0.25) is 0 Å². The first-order chi connectivity index (χ1) is 5.57. The molecule has 0 heterocycles. The third kappa shape index (κ3) is 4.78. The van der Waals surface area contributed by atoms with Gasteiger partial charge in [0.1, 0.15) is 0 Å². The fraction of sp³-hybridized carbons (Fsp3) is 0.455. The van der Waals surface area contributed by atoms with Crippen LogP contribution in [0.4, 0.5) is 0 Å². The first-order valence-electron chi connectivity index (χ1n) is 4.33. The lowest BCUT2D eigenvalue weighted by molar-refractivity contribution is 0.675. The van der Waals surface area contributed by atoms with Crippen LogP contribution in [0, 0.1) is 0 Å². The van der Waals surface area contributed by atoms with Crippen LogP contribution in [0.25, 0.3) is 0 Å². The SMILES string of the molecule is C=C(C)/C(=C\C=C/C)NC(C)C.[HH]. The van der Waals surface area contributed by atoms with Gasteiger partial charge in [-0.1, -0.05) is 18.7 Å². The smallest absolute Gasteiger partial charge is 0.0365 e. The molecule has 0 saturated heterocycles. The van der Waals surface area contributed by atoms with Crippen LogP contribution < -0.4 is 5.32 Å². The number of nitrogens with one attached hydrogen (secondary N) is 1. The topological polar surface area (TPSA) is 12.0 Å². The van der Waals surface area contributed by atoms with Crippen LogP contribution in [0.1, 0.15) is 29.1 Å². The lowest BCUT2D eigenvalue weighted by Crippen LogP contribution is -2.22. The molecule has 0 aliphatic heterocycles. The van der Waals surface area contributed by atoms with Gasteiger partial charge in [-0.15, -0.1) is 0 Å². The van der Waals surface area contributed by atoms with Crippen LogP contribution in [0.3, 0.4) is 0 Å². The van der Waals surface area contributed by atoms with Gasteiger partial charge in [-0.25, -0.2) is 0 Å². The van der Waals surface area contributed by atoms with Gasteiger partial charge in [-0.2, -0.15) is 0 Å². The van der Waals surface area contributed by atoms with Crippen molar-refractivity contribution in [2.75, 3.05) is 0 Å². The molecule has 12 heavy (non-hydrogen) atoms. The zero-order valence-corrected chi connectivity index (χ0v) is 8.52. The Labute approximate surface area is 77.4 Å². The minimum absolute atomic E-state index is 0. The molecule has 0 bridgehead atoms. The molecule has 1 nitrogen and oxygen atoms in total. The molecule has 1 heteroatoms. The second-order valence-corrected chi connectivity index (χ2v) is 3.19. The number of allylic oxidation sites excluding steroid dienone is 4. The van der Waals surface area contributed by atoms with Gasteiger partial charge >= 0.3 is 0 Å². The molecule has 0 aromatic carbocycles. The Bertz CT molecular complexity index is 202. The normalized spacial score (nSPS) is 12.6. The Balaban J connectivity index is 0. The fourth-order valence-electron chi connectivity index (χ4n) is 0.817. The molecule has 0 unspecified atom stereocenters. The average molecular weight is 167 g/mol. The van der Waals surface area contributed by atoms with E-state index in [1.807, 2.05) is 32.1 Å². The van der Waals surface area contributed by atoms with E-state index >= 15 is 0 Å². The van der Waals surface area contributed by atoms with Crippen molar-refractivity contribution in [2.24, 2.45) is 0 Å². The summed E-state index contributed by atoms with van der Waals surface area (Å²) in [6.07, 6.45) is 6.06. The van der Waals surface area contributed by atoms with E-state index in [0.29, 0.717) is 6.04 Å². The molecular weight excluding hydrogens is 146 g/mol. The monoisotopic (exact) mass is 167 g/mol. The van der Waals surface area contributed by atoms with Crippen molar-refractivity contribution >= 4 is 0 Å². The molecule has 0 saturated carbocycles. The summed E-state index contributed by atoms with van der Waals surface area (Å²) in [7, 11) is 0. The molecule has 0 rings (SSSR count). The van der Waals surface area contributed by atoms with Gasteiger partial charge in [-0.05, 0) is 39.3 Å². The van der Waals surface area contributed by atoms with E-state index in [1.54, 1.807) is 0 Å². The quantitative estimate of drug-likeness (QED) is 0.634. The van der Waals surface area contributed by atoms with Crippen molar-refractivity contribution in [3.63, 3.8) is 0 Å². The fourth-order valence-corrected chi connectivity index (χ4v) is 0.817. The average Bonchev–Trinajstić information content (AvgIpc) is 1.96. The second kappa shape index (κ2) is 5.64. The number of hydrogen-bond donors (Lipinski definition) is 1. The molecule has 0 aliphatic carbocycles. The first-order valence-corrected chi connectivity index (χ1v) is 4.33. The highest BCUT2D eigenvalue weighted by molar-refractivity contribution is 5.28. The summed E-state index contributed by atoms with van der Waals surface area (Å²) < 4.78 is 0. The van der Waals surface area contributed by atoms with Gasteiger partial charge in [0.25, 0.3) is 0 Å². The zero-order valence-electron chi connectivity index (χ0n) is 8.52. The van der Waals surface area contributed by atoms with E-state index in [9.17, 15) is 0 Å².